The summed E-state index contributed by atoms with van der Waals surface area (Å²) in [4.78, 5) is 18.7. The molecule has 2 aromatic heterocycles. The average Bonchev–Trinajstić information content (AvgIpc) is 3.16. The van der Waals surface area contributed by atoms with Crippen molar-refractivity contribution in [1.82, 2.24) is 9.97 Å². The van der Waals surface area contributed by atoms with Crippen LogP contribution in [0.5, 0.6) is 0 Å². The highest BCUT2D eigenvalue weighted by molar-refractivity contribution is 5.97. The molecule has 0 aliphatic heterocycles. The van der Waals surface area contributed by atoms with E-state index < -0.39 is 11.8 Å². The fourth-order valence-electron chi connectivity index (χ4n) is 3.63. The summed E-state index contributed by atoms with van der Waals surface area (Å²) in [6.45, 7) is 0. The summed E-state index contributed by atoms with van der Waals surface area (Å²) >= 11 is 0. The van der Waals surface area contributed by atoms with Crippen LogP contribution in [0.2, 0.25) is 0 Å². The molecule has 0 radical (unpaired) electrons. The molecular weight excluding hydrogens is 367 g/mol. The lowest BCUT2D eigenvalue weighted by molar-refractivity contribution is 0.0692. The van der Waals surface area contributed by atoms with E-state index in [1.807, 2.05) is 18.2 Å². The Hall–Kier alpha value is -3.99. The zero-order valence-corrected chi connectivity index (χ0v) is 15.2. The Morgan fingerprint density at radius 2 is 1.69 bits per heavy atom. The number of carbonyl (C=O) groups is 1. The van der Waals surface area contributed by atoms with Gasteiger partial charge in [-0.25, -0.2) is 14.2 Å². The predicted molar refractivity (Wildman–Crippen MR) is 111 cm³/mol. The molecule has 140 valence electrons. The van der Waals surface area contributed by atoms with Crippen molar-refractivity contribution >= 4 is 27.8 Å². The van der Waals surface area contributed by atoms with Crippen LogP contribution in [0.15, 0.2) is 79.1 Å². The van der Waals surface area contributed by atoms with Crippen LogP contribution in [0.3, 0.4) is 0 Å². The van der Waals surface area contributed by atoms with Gasteiger partial charge in [-0.15, -0.1) is 0 Å². The van der Waals surface area contributed by atoms with Gasteiger partial charge in [0, 0.05) is 28.9 Å². The van der Waals surface area contributed by atoms with Crippen LogP contribution in [-0.4, -0.2) is 21.0 Å². The van der Waals surface area contributed by atoms with Crippen molar-refractivity contribution in [2.24, 2.45) is 0 Å². The second-order valence-electron chi connectivity index (χ2n) is 6.88. The lowest BCUT2D eigenvalue weighted by Gasteiger charge is -2.06. The normalized spacial score (nSPS) is 11.2. The maximum atomic E-state index is 14.2. The van der Waals surface area contributed by atoms with Crippen LogP contribution in [-0.2, 0) is 0 Å². The fourth-order valence-corrected chi connectivity index (χ4v) is 3.63. The van der Waals surface area contributed by atoms with E-state index in [1.165, 1.54) is 17.5 Å². The SMILES string of the molecule is O=C(O)c1ccc(-c2c[nH]c3ncc(-c4ccc5ccccc5c4)cc23)cc1F. The monoisotopic (exact) mass is 382 g/mol. The summed E-state index contributed by atoms with van der Waals surface area (Å²) in [6.07, 6.45) is 3.57. The minimum atomic E-state index is -1.28. The molecule has 0 atom stereocenters. The number of aromatic nitrogens is 2. The van der Waals surface area contributed by atoms with Crippen LogP contribution in [0.25, 0.3) is 44.1 Å². The first kappa shape index (κ1) is 17.1. The topological polar surface area (TPSA) is 66.0 Å². The number of pyridine rings is 1. The summed E-state index contributed by atoms with van der Waals surface area (Å²) in [5.74, 6) is -2.05. The fraction of sp³-hybridized carbons (Fsp3) is 0. The van der Waals surface area contributed by atoms with E-state index in [1.54, 1.807) is 18.5 Å². The maximum Gasteiger partial charge on any atom is 0.338 e. The van der Waals surface area contributed by atoms with Gasteiger partial charge in [0.05, 0.1) is 5.56 Å². The van der Waals surface area contributed by atoms with Crippen molar-refractivity contribution in [3.63, 3.8) is 0 Å². The second-order valence-corrected chi connectivity index (χ2v) is 6.88. The van der Waals surface area contributed by atoms with Crippen molar-refractivity contribution in [2.75, 3.05) is 0 Å². The predicted octanol–water partition coefficient (Wildman–Crippen LogP) is 5.89. The molecule has 0 aliphatic carbocycles. The Morgan fingerprint density at radius 3 is 2.48 bits per heavy atom. The van der Waals surface area contributed by atoms with Crippen LogP contribution in [0.4, 0.5) is 4.39 Å². The van der Waals surface area contributed by atoms with E-state index in [-0.39, 0.29) is 5.56 Å². The number of halogens is 1. The summed E-state index contributed by atoms with van der Waals surface area (Å²) in [6, 6.07) is 20.6. The Morgan fingerprint density at radius 1 is 0.897 bits per heavy atom. The first-order chi connectivity index (χ1) is 14.1. The number of hydrogen-bond donors (Lipinski definition) is 2. The summed E-state index contributed by atoms with van der Waals surface area (Å²) in [7, 11) is 0. The maximum absolute atomic E-state index is 14.2. The first-order valence-corrected chi connectivity index (χ1v) is 9.10. The van der Waals surface area contributed by atoms with Gasteiger partial charge in [-0.1, -0.05) is 42.5 Å². The van der Waals surface area contributed by atoms with Crippen molar-refractivity contribution in [1.29, 1.82) is 0 Å². The highest BCUT2D eigenvalue weighted by Gasteiger charge is 2.14. The largest absolute Gasteiger partial charge is 0.478 e. The van der Waals surface area contributed by atoms with Crippen molar-refractivity contribution in [3.8, 4) is 22.3 Å². The lowest BCUT2D eigenvalue weighted by Crippen LogP contribution is -2.00. The molecule has 0 bridgehead atoms. The van der Waals surface area contributed by atoms with E-state index in [9.17, 15) is 9.18 Å². The smallest absolute Gasteiger partial charge is 0.338 e. The number of carboxylic acid groups (broad SMARTS) is 1. The summed E-state index contributed by atoms with van der Waals surface area (Å²) in [5.41, 5.74) is 3.70. The minimum Gasteiger partial charge on any atom is -0.478 e. The zero-order chi connectivity index (χ0) is 20.0. The van der Waals surface area contributed by atoms with E-state index in [0.717, 1.165) is 27.5 Å². The number of rotatable bonds is 3. The molecule has 4 nitrogen and oxygen atoms in total. The molecule has 0 amide bonds. The molecule has 5 rings (SSSR count). The van der Waals surface area contributed by atoms with E-state index in [0.29, 0.717) is 11.2 Å². The molecule has 5 heteroatoms. The minimum absolute atomic E-state index is 0.344. The molecule has 2 N–H and O–H groups in total. The molecule has 5 aromatic rings. The molecule has 0 aliphatic rings. The van der Waals surface area contributed by atoms with Gasteiger partial charge in [0.1, 0.15) is 11.5 Å². The molecule has 0 fully saturated rings. The van der Waals surface area contributed by atoms with Crippen LogP contribution in [0.1, 0.15) is 10.4 Å². The molecule has 0 saturated carbocycles. The van der Waals surface area contributed by atoms with Crippen LogP contribution >= 0.6 is 0 Å². The molecule has 0 spiro atoms. The van der Waals surface area contributed by atoms with Gasteiger partial charge in [0.15, 0.2) is 0 Å². The molecule has 0 saturated heterocycles. The first-order valence-electron chi connectivity index (χ1n) is 9.10. The molecule has 0 unspecified atom stereocenters. The number of nitrogens with one attached hydrogen (secondary N) is 1. The van der Waals surface area contributed by atoms with Gasteiger partial charge in [-0.3, -0.25) is 0 Å². The van der Waals surface area contributed by atoms with Crippen LogP contribution in [0, 0.1) is 5.82 Å². The number of benzene rings is 3. The number of H-pyrrole nitrogens is 1. The number of aromatic amines is 1. The Balaban J connectivity index is 1.63. The summed E-state index contributed by atoms with van der Waals surface area (Å²) in [5, 5.41) is 12.2. The van der Waals surface area contributed by atoms with Crippen LogP contribution < -0.4 is 0 Å². The van der Waals surface area contributed by atoms with E-state index >= 15 is 0 Å². The standard InChI is InChI=1S/C24H15FN2O2/c25-22-11-17(7-8-19(22)24(28)29)21-13-27-23-20(21)10-18(12-26-23)16-6-5-14-3-1-2-4-15(14)9-16/h1-13H,(H,26,27)(H,28,29). The van der Waals surface area contributed by atoms with E-state index in [4.69, 9.17) is 5.11 Å². The van der Waals surface area contributed by atoms with Crippen molar-refractivity contribution in [2.45, 2.75) is 0 Å². The number of hydrogen-bond acceptors (Lipinski definition) is 2. The van der Waals surface area contributed by atoms with Gasteiger partial charge in [0.25, 0.3) is 0 Å². The van der Waals surface area contributed by atoms with Gasteiger partial charge >= 0.3 is 5.97 Å². The third-order valence-electron chi connectivity index (χ3n) is 5.12. The van der Waals surface area contributed by atoms with Gasteiger partial charge < -0.3 is 10.1 Å². The number of carboxylic acids is 1. The Bertz CT molecular complexity index is 1400. The molecule has 3 aromatic carbocycles. The second kappa shape index (κ2) is 6.56. The number of nitrogens with zero attached hydrogens (tertiary/aromatic N) is 1. The van der Waals surface area contributed by atoms with Crippen molar-refractivity contribution < 1.29 is 14.3 Å². The Labute approximate surface area is 165 Å². The lowest BCUT2D eigenvalue weighted by atomic mass is 9.99. The number of aromatic carboxylic acids is 1. The highest BCUT2D eigenvalue weighted by Crippen LogP contribution is 2.32. The summed E-state index contributed by atoms with van der Waals surface area (Å²) < 4.78 is 14.2. The molecule has 29 heavy (non-hydrogen) atoms. The highest BCUT2D eigenvalue weighted by atomic mass is 19.1. The van der Waals surface area contributed by atoms with Crippen molar-refractivity contribution in [3.05, 3.63) is 90.5 Å². The molecular formula is C24H15FN2O2. The van der Waals surface area contributed by atoms with E-state index in [2.05, 4.69) is 40.3 Å². The van der Waals surface area contributed by atoms with Gasteiger partial charge in [-0.05, 0) is 46.2 Å². The third-order valence-corrected chi connectivity index (χ3v) is 5.12. The quantitative estimate of drug-likeness (QED) is 0.409. The van der Waals surface area contributed by atoms with Gasteiger partial charge in [-0.2, -0.15) is 0 Å². The zero-order valence-electron chi connectivity index (χ0n) is 15.2. The average molecular weight is 382 g/mol. The Kier molecular flexibility index (Phi) is 3.88. The van der Waals surface area contributed by atoms with Gasteiger partial charge in [0.2, 0.25) is 0 Å². The number of fused-ring (bicyclic) bond motifs is 2. The molecule has 2 heterocycles. The third kappa shape index (κ3) is 2.93.